The average molecular weight is 502 g/mol. The number of benzene rings is 3. The average Bonchev–Trinajstić information content (AvgIpc) is 3.31. The van der Waals surface area contributed by atoms with Crippen LogP contribution in [0.5, 0.6) is 0 Å². The minimum Gasteiger partial charge on any atom is -0.462 e. The molecule has 0 bridgehead atoms. The number of aliphatic imine (C=N–C) groups is 1. The molecule has 0 saturated carbocycles. The Hall–Kier alpha value is -4.31. The molecule has 0 atom stereocenters. The van der Waals surface area contributed by atoms with Crippen LogP contribution >= 0.6 is 11.8 Å². The maximum Gasteiger partial charge on any atom is 0.338 e. The maximum atomic E-state index is 11.9. The van der Waals surface area contributed by atoms with Crippen molar-refractivity contribution >= 4 is 35.3 Å². The number of hydrogen-bond acceptors (Lipinski definition) is 8. The fraction of sp³-hybridized carbons (Fsp3) is 0.154. The lowest BCUT2D eigenvalue weighted by Crippen LogP contribution is -2.03. The fourth-order valence-electron chi connectivity index (χ4n) is 3.43. The summed E-state index contributed by atoms with van der Waals surface area (Å²) in [4.78, 5) is 28.0. The van der Waals surface area contributed by atoms with E-state index in [1.54, 1.807) is 43.5 Å². The lowest BCUT2D eigenvalue weighted by Gasteiger charge is -2.09. The topological polar surface area (TPSA) is 113 Å². The van der Waals surface area contributed by atoms with Gasteiger partial charge in [-0.15, -0.1) is 10.2 Å². The zero-order valence-corrected chi connectivity index (χ0v) is 20.5. The highest BCUT2D eigenvalue weighted by molar-refractivity contribution is 7.99. The molecule has 1 aromatic heterocycles. The number of nitro benzene ring substituents is 1. The molecule has 0 N–H and O–H groups in total. The number of carbonyl (C=O) groups is 1. The number of nitro groups is 1. The van der Waals surface area contributed by atoms with Gasteiger partial charge in [0, 0.05) is 40.9 Å². The molecule has 0 radical (unpaired) electrons. The molecule has 0 aliphatic heterocycles. The van der Waals surface area contributed by atoms with Crippen molar-refractivity contribution in [1.82, 2.24) is 14.8 Å². The largest absolute Gasteiger partial charge is 0.462 e. The van der Waals surface area contributed by atoms with Gasteiger partial charge in [0.15, 0.2) is 11.0 Å². The van der Waals surface area contributed by atoms with Gasteiger partial charge in [0.25, 0.3) is 5.69 Å². The molecule has 0 aliphatic carbocycles. The van der Waals surface area contributed by atoms with Crippen molar-refractivity contribution in [2.24, 2.45) is 4.99 Å². The van der Waals surface area contributed by atoms with Crippen molar-refractivity contribution in [2.75, 3.05) is 6.61 Å². The molecule has 0 unspecified atom stereocenters. The van der Waals surface area contributed by atoms with Gasteiger partial charge in [-0.25, -0.2) is 4.79 Å². The lowest BCUT2D eigenvalue weighted by molar-refractivity contribution is -0.384. The number of carbonyl (C=O) groups excluding carboxylic acids is 1. The van der Waals surface area contributed by atoms with Crippen LogP contribution in [0.1, 0.15) is 29.8 Å². The molecular weight excluding hydrogens is 478 g/mol. The maximum absolute atomic E-state index is 11.9. The van der Waals surface area contributed by atoms with Crippen LogP contribution in [0.4, 0.5) is 11.4 Å². The summed E-state index contributed by atoms with van der Waals surface area (Å²) in [5.41, 5.74) is 2.50. The van der Waals surface area contributed by atoms with Crippen LogP contribution in [0, 0.1) is 10.1 Å². The smallest absolute Gasteiger partial charge is 0.338 e. The molecule has 9 nitrogen and oxygen atoms in total. The molecule has 4 rings (SSSR count). The van der Waals surface area contributed by atoms with Gasteiger partial charge in [-0.2, -0.15) is 0 Å². The van der Waals surface area contributed by atoms with Gasteiger partial charge in [0.05, 0.1) is 22.8 Å². The highest BCUT2D eigenvalue weighted by Gasteiger charge is 2.17. The molecule has 10 heteroatoms. The van der Waals surface area contributed by atoms with Crippen LogP contribution in [-0.4, -0.2) is 38.5 Å². The number of nitrogens with zero attached hydrogens (tertiary/aromatic N) is 5. The second-order valence-corrected chi connectivity index (χ2v) is 8.53. The third kappa shape index (κ3) is 5.66. The second-order valence-electron chi connectivity index (χ2n) is 7.52. The Labute approximate surface area is 212 Å². The summed E-state index contributed by atoms with van der Waals surface area (Å²) in [5, 5.41) is 20.8. The Morgan fingerprint density at radius 2 is 1.83 bits per heavy atom. The van der Waals surface area contributed by atoms with Crippen LogP contribution in [0.25, 0.3) is 11.4 Å². The van der Waals surface area contributed by atoms with Crippen LogP contribution in [-0.2, 0) is 11.3 Å². The van der Waals surface area contributed by atoms with Gasteiger partial charge >= 0.3 is 5.97 Å². The Morgan fingerprint density at radius 3 is 2.50 bits per heavy atom. The van der Waals surface area contributed by atoms with E-state index in [2.05, 4.69) is 15.2 Å². The summed E-state index contributed by atoms with van der Waals surface area (Å²) in [6, 6.07) is 21.0. The molecule has 182 valence electrons. The first-order valence-corrected chi connectivity index (χ1v) is 12.1. The zero-order chi connectivity index (χ0) is 25.5. The predicted molar refractivity (Wildman–Crippen MR) is 138 cm³/mol. The number of ether oxygens (including phenoxy) is 1. The first-order chi connectivity index (χ1) is 17.5. The number of esters is 1. The molecule has 1 heterocycles. The Morgan fingerprint density at radius 1 is 1.08 bits per heavy atom. The van der Waals surface area contributed by atoms with E-state index in [1.807, 2.05) is 41.8 Å². The SMILES string of the molecule is CCOC(=O)c1ccc(N=Cc2cc([N+](=O)[O-])ccc2Sc2nnc(-c3ccccc3)n2CC)cc1. The molecule has 0 saturated heterocycles. The Bertz CT molecular complexity index is 1400. The third-order valence-corrected chi connectivity index (χ3v) is 6.28. The monoisotopic (exact) mass is 501 g/mol. The van der Waals surface area contributed by atoms with Crippen molar-refractivity contribution in [3.05, 3.63) is 94.0 Å². The van der Waals surface area contributed by atoms with Gasteiger partial charge in [-0.3, -0.25) is 15.1 Å². The fourth-order valence-corrected chi connectivity index (χ4v) is 4.40. The standard InChI is InChI=1S/C26H23N5O4S/c1-3-30-24(18-8-6-5-7-9-18)28-29-26(30)36-23-15-14-22(31(33)34)16-20(23)17-27-21-12-10-19(11-13-21)25(32)35-4-2/h5-17H,3-4H2,1-2H3. The van der Waals surface area contributed by atoms with Crippen molar-refractivity contribution in [3.8, 4) is 11.4 Å². The molecule has 36 heavy (non-hydrogen) atoms. The Balaban J connectivity index is 1.64. The lowest BCUT2D eigenvalue weighted by atomic mass is 10.2. The molecule has 0 aliphatic rings. The Kier molecular flexibility index (Phi) is 7.86. The first kappa shape index (κ1) is 24.8. The van der Waals surface area contributed by atoms with Gasteiger partial charge in [0.2, 0.25) is 0 Å². The van der Waals surface area contributed by atoms with E-state index in [-0.39, 0.29) is 5.69 Å². The molecule has 3 aromatic carbocycles. The second kappa shape index (κ2) is 11.4. The summed E-state index contributed by atoms with van der Waals surface area (Å²) in [6.07, 6.45) is 1.57. The third-order valence-electron chi connectivity index (χ3n) is 5.20. The first-order valence-electron chi connectivity index (χ1n) is 11.3. The highest BCUT2D eigenvalue weighted by atomic mass is 32.2. The van der Waals surface area contributed by atoms with Gasteiger partial charge in [-0.1, -0.05) is 30.3 Å². The van der Waals surface area contributed by atoms with E-state index in [4.69, 9.17) is 4.74 Å². The van der Waals surface area contributed by atoms with E-state index in [1.165, 1.54) is 23.9 Å². The summed E-state index contributed by atoms with van der Waals surface area (Å²) in [6.45, 7) is 4.71. The molecule has 0 fully saturated rings. The normalized spacial score (nSPS) is 11.1. The van der Waals surface area contributed by atoms with Gasteiger partial charge in [0.1, 0.15) is 0 Å². The van der Waals surface area contributed by atoms with Crippen LogP contribution in [0.15, 0.2) is 87.8 Å². The van der Waals surface area contributed by atoms with Crippen LogP contribution in [0.2, 0.25) is 0 Å². The molecule has 4 aromatic rings. The summed E-state index contributed by atoms with van der Waals surface area (Å²) in [7, 11) is 0. The number of non-ortho nitro benzene ring substituents is 1. The summed E-state index contributed by atoms with van der Waals surface area (Å²) < 4.78 is 6.99. The van der Waals surface area contributed by atoms with E-state index in [9.17, 15) is 14.9 Å². The molecular formula is C26H23N5O4S. The minimum absolute atomic E-state index is 0.0413. The quantitative estimate of drug-likeness (QED) is 0.120. The van der Waals surface area contributed by atoms with E-state index >= 15 is 0 Å². The van der Waals surface area contributed by atoms with Crippen molar-refractivity contribution in [3.63, 3.8) is 0 Å². The van der Waals surface area contributed by atoms with E-state index in [0.717, 1.165) is 16.3 Å². The van der Waals surface area contributed by atoms with E-state index < -0.39 is 10.9 Å². The molecule has 0 spiro atoms. The van der Waals surface area contributed by atoms with Crippen molar-refractivity contribution < 1.29 is 14.5 Å². The van der Waals surface area contributed by atoms with Gasteiger partial charge in [-0.05, 0) is 55.9 Å². The van der Waals surface area contributed by atoms with E-state index in [0.29, 0.717) is 35.1 Å². The van der Waals surface area contributed by atoms with Crippen LogP contribution < -0.4 is 0 Å². The molecule has 0 amide bonds. The number of hydrogen-bond donors (Lipinski definition) is 0. The summed E-state index contributed by atoms with van der Waals surface area (Å²) >= 11 is 1.36. The number of aromatic nitrogens is 3. The van der Waals surface area contributed by atoms with Crippen molar-refractivity contribution in [1.29, 1.82) is 0 Å². The van der Waals surface area contributed by atoms with Crippen molar-refractivity contribution in [2.45, 2.75) is 30.4 Å². The summed E-state index contributed by atoms with van der Waals surface area (Å²) in [5.74, 6) is 0.347. The highest BCUT2D eigenvalue weighted by Crippen LogP contribution is 2.33. The zero-order valence-electron chi connectivity index (χ0n) is 19.7. The van der Waals surface area contributed by atoms with Gasteiger partial charge < -0.3 is 9.30 Å². The minimum atomic E-state index is -0.442. The number of rotatable bonds is 9. The van der Waals surface area contributed by atoms with Crippen LogP contribution in [0.3, 0.4) is 0 Å². The predicted octanol–water partition coefficient (Wildman–Crippen LogP) is 5.95.